The molecule has 0 saturated heterocycles. The molecule has 3 nitrogen and oxygen atoms in total. The lowest BCUT2D eigenvalue weighted by Gasteiger charge is -2.25. The molecule has 0 aliphatic carbocycles. The zero-order valence-corrected chi connectivity index (χ0v) is 14.3. The van der Waals surface area contributed by atoms with E-state index in [1.807, 2.05) is 11.3 Å². The van der Waals surface area contributed by atoms with Crippen LogP contribution in [0.3, 0.4) is 0 Å². The van der Waals surface area contributed by atoms with Crippen LogP contribution in [-0.4, -0.2) is 24.6 Å². The van der Waals surface area contributed by atoms with Gasteiger partial charge in [-0.05, 0) is 39.7 Å². The topological polar surface area (TPSA) is 28.2 Å². The first-order chi connectivity index (χ1) is 8.86. The quantitative estimate of drug-likeness (QED) is 0.820. The third kappa shape index (κ3) is 4.46. The van der Waals surface area contributed by atoms with Crippen LogP contribution >= 0.6 is 11.3 Å². The number of hydrogen-bond acceptors (Lipinski definition) is 4. The minimum atomic E-state index is 0.394. The molecule has 0 fully saturated rings. The second kappa shape index (κ2) is 7.25. The number of anilines is 1. The number of rotatable bonds is 7. The lowest BCUT2D eigenvalue weighted by molar-refractivity contribution is 0.503. The number of aryl methyl sites for hydroxylation is 1. The van der Waals surface area contributed by atoms with Crippen LogP contribution in [0.15, 0.2) is 0 Å². The van der Waals surface area contributed by atoms with Gasteiger partial charge in [-0.15, -0.1) is 11.3 Å². The van der Waals surface area contributed by atoms with Crippen LogP contribution in [0.1, 0.15) is 57.7 Å². The third-order valence-corrected chi connectivity index (χ3v) is 4.93. The van der Waals surface area contributed by atoms with Crippen LogP contribution < -0.4 is 10.2 Å². The van der Waals surface area contributed by atoms with Crippen molar-refractivity contribution in [3.63, 3.8) is 0 Å². The molecule has 1 heterocycles. The average Bonchev–Trinajstić information content (AvgIpc) is 2.69. The summed E-state index contributed by atoms with van der Waals surface area (Å²) in [6, 6.07) is 0.929. The van der Waals surface area contributed by atoms with E-state index in [0.29, 0.717) is 12.1 Å². The highest BCUT2D eigenvalue weighted by atomic mass is 32.1. The van der Waals surface area contributed by atoms with Crippen molar-refractivity contribution in [3.8, 4) is 0 Å². The van der Waals surface area contributed by atoms with Gasteiger partial charge in [0.15, 0.2) is 5.13 Å². The Bertz CT molecular complexity index is 387. The summed E-state index contributed by atoms with van der Waals surface area (Å²) in [4.78, 5) is 8.43. The van der Waals surface area contributed by atoms with Crippen molar-refractivity contribution < 1.29 is 0 Å². The highest BCUT2D eigenvalue weighted by Crippen LogP contribution is 2.31. The Labute approximate surface area is 122 Å². The van der Waals surface area contributed by atoms with Crippen LogP contribution in [-0.2, 0) is 0 Å². The summed E-state index contributed by atoms with van der Waals surface area (Å²) in [6.07, 6.45) is 1.20. The van der Waals surface area contributed by atoms with Crippen molar-refractivity contribution in [2.75, 3.05) is 18.5 Å². The van der Waals surface area contributed by atoms with Gasteiger partial charge in [-0.1, -0.05) is 20.8 Å². The molecule has 0 radical (unpaired) electrons. The molecule has 0 amide bonds. The van der Waals surface area contributed by atoms with Crippen LogP contribution in [0.5, 0.6) is 0 Å². The van der Waals surface area contributed by atoms with Crippen molar-refractivity contribution in [2.24, 2.45) is 5.92 Å². The molecule has 0 aliphatic heterocycles. The first-order valence-corrected chi connectivity index (χ1v) is 8.11. The van der Waals surface area contributed by atoms with Crippen LogP contribution in [0.4, 0.5) is 5.13 Å². The van der Waals surface area contributed by atoms with E-state index in [4.69, 9.17) is 4.98 Å². The molecule has 110 valence electrons. The van der Waals surface area contributed by atoms with E-state index >= 15 is 0 Å². The van der Waals surface area contributed by atoms with Gasteiger partial charge < -0.3 is 10.2 Å². The summed E-state index contributed by atoms with van der Waals surface area (Å²) < 4.78 is 0. The van der Waals surface area contributed by atoms with Crippen molar-refractivity contribution >= 4 is 16.5 Å². The molecule has 1 aromatic heterocycles. The zero-order chi connectivity index (χ0) is 14.6. The van der Waals surface area contributed by atoms with E-state index in [0.717, 1.165) is 23.3 Å². The molecule has 0 aromatic carbocycles. The van der Waals surface area contributed by atoms with E-state index in [1.54, 1.807) is 0 Å². The fourth-order valence-electron chi connectivity index (χ4n) is 2.37. The van der Waals surface area contributed by atoms with Gasteiger partial charge in [0.05, 0.1) is 5.69 Å². The Morgan fingerprint density at radius 3 is 2.42 bits per heavy atom. The van der Waals surface area contributed by atoms with Crippen molar-refractivity contribution in [3.05, 3.63) is 10.6 Å². The average molecular weight is 283 g/mol. The number of hydrogen-bond donors (Lipinski definition) is 1. The Morgan fingerprint density at radius 2 is 1.89 bits per heavy atom. The predicted molar refractivity (Wildman–Crippen MR) is 86.3 cm³/mol. The van der Waals surface area contributed by atoms with E-state index < -0.39 is 0 Å². The zero-order valence-electron chi connectivity index (χ0n) is 13.4. The SMILES string of the molecule is CCNC(C)c1sc(N(C)C(C)CC(C)C)nc1C. The maximum absolute atomic E-state index is 4.75. The van der Waals surface area contributed by atoms with Crippen molar-refractivity contribution in [2.45, 2.75) is 60.0 Å². The minimum absolute atomic E-state index is 0.394. The van der Waals surface area contributed by atoms with Gasteiger partial charge in [0.2, 0.25) is 0 Å². The smallest absolute Gasteiger partial charge is 0.185 e. The Morgan fingerprint density at radius 1 is 1.26 bits per heavy atom. The molecule has 1 aromatic rings. The van der Waals surface area contributed by atoms with Gasteiger partial charge in [0, 0.05) is 24.0 Å². The third-order valence-electron chi connectivity index (χ3n) is 3.50. The summed E-state index contributed by atoms with van der Waals surface area (Å²) in [7, 11) is 2.16. The standard InChI is InChI=1S/C15H29N3S/c1-8-16-12(5)14-13(6)17-15(19-14)18(7)11(4)9-10(2)3/h10-12,16H,8-9H2,1-7H3. The second-order valence-corrected chi connectivity index (χ2v) is 6.82. The van der Waals surface area contributed by atoms with Gasteiger partial charge in [0.25, 0.3) is 0 Å². The number of aromatic nitrogens is 1. The molecule has 0 aliphatic rings. The van der Waals surface area contributed by atoms with Gasteiger partial charge in [-0.3, -0.25) is 0 Å². The van der Waals surface area contributed by atoms with E-state index in [2.05, 4.69) is 58.8 Å². The van der Waals surface area contributed by atoms with Crippen LogP contribution in [0, 0.1) is 12.8 Å². The van der Waals surface area contributed by atoms with Crippen LogP contribution in [0.25, 0.3) is 0 Å². The molecule has 1 rings (SSSR count). The summed E-state index contributed by atoms with van der Waals surface area (Å²) in [5.74, 6) is 0.721. The highest BCUT2D eigenvalue weighted by molar-refractivity contribution is 7.15. The molecule has 0 saturated carbocycles. The van der Waals surface area contributed by atoms with Crippen molar-refractivity contribution in [1.82, 2.24) is 10.3 Å². The fraction of sp³-hybridized carbons (Fsp3) is 0.800. The largest absolute Gasteiger partial charge is 0.348 e. The molecule has 2 unspecified atom stereocenters. The molecule has 19 heavy (non-hydrogen) atoms. The summed E-state index contributed by atoms with van der Waals surface area (Å²) >= 11 is 1.82. The normalized spacial score (nSPS) is 14.7. The predicted octanol–water partition coefficient (Wildman–Crippen LogP) is 3.99. The lowest BCUT2D eigenvalue weighted by atomic mass is 10.0. The number of nitrogens with zero attached hydrogens (tertiary/aromatic N) is 2. The van der Waals surface area contributed by atoms with Gasteiger partial charge >= 0.3 is 0 Å². The summed E-state index contributed by atoms with van der Waals surface area (Å²) in [5.41, 5.74) is 1.16. The lowest BCUT2D eigenvalue weighted by Crippen LogP contribution is -2.29. The molecular formula is C15H29N3S. The monoisotopic (exact) mass is 283 g/mol. The highest BCUT2D eigenvalue weighted by Gasteiger charge is 2.19. The molecule has 4 heteroatoms. The first-order valence-electron chi connectivity index (χ1n) is 7.30. The molecule has 1 N–H and O–H groups in total. The first kappa shape index (κ1) is 16.4. The van der Waals surface area contributed by atoms with Gasteiger partial charge in [-0.2, -0.15) is 0 Å². The Kier molecular flexibility index (Phi) is 6.27. The Balaban J connectivity index is 2.82. The maximum Gasteiger partial charge on any atom is 0.185 e. The van der Waals surface area contributed by atoms with Crippen molar-refractivity contribution in [1.29, 1.82) is 0 Å². The maximum atomic E-state index is 4.75. The molecular weight excluding hydrogens is 254 g/mol. The van der Waals surface area contributed by atoms with E-state index in [9.17, 15) is 0 Å². The molecule has 2 atom stereocenters. The fourth-order valence-corrected chi connectivity index (χ4v) is 3.53. The van der Waals surface area contributed by atoms with Crippen LogP contribution in [0.2, 0.25) is 0 Å². The second-order valence-electron chi connectivity index (χ2n) is 5.81. The summed E-state index contributed by atoms with van der Waals surface area (Å²) in [5, 5.41) is 4.61. The minimum Gasteiger partial charge on any atom is -0.348 e. The number of thiazole rings is 1. The van der Waals surface area contributed by atoms with Gasteiger partial charge in [-0.25, -0.2) is 4.98 Å². The van der Waals surface area contributed by atoms with E-state index in [1.165, 1.54) is 11.3 Å². The molecule has 0 bridgehead atoms. The summed E-state index contributed by atoms with van der Waals surface area (Å²) in [6.45, 7) is 14.3. The molecule has 0 spiro atoms. The Hall–Kier alpha value is -0.610. The van der Waals surface area contributed by atoms with E-state index in [-0.39, 0.29) is 0 Å². The number of nitrogens with one attached hydrogen (secondary N) is 1. The van der Waals surface area contributed by atoms with Gasteiger partial charge in [0.1, 0.15) is 0 Å².